The fourth-order valence-electron chi connectivity index (χ4n) is 4.11. The molecule has 0 radical (unpaired) electrons. The van der Waals surface area contributed by atoms with Gasteiger partial charge in [0.2, 0.25) is 15.9 Å². The summed E-state index contributed by atoms with van der Waals surface area (Å²) in [5.74, 6) is -1.98. The molecule has 1 saturated heterocycles. The number of carbonyl (C=O) groups excluding carboxylic acids is 2. The Balaban J connectivity index is 1.33. The second-order valence-electron chi connectivity index (χ2n) is 8.53. The lowest BCUT2D eigenvalue weighted by Crippen LogP contribution is -2.48. The number of amides is 2. The number of rotatable bonds is 5. The van der Waals surface area contributed by atoms with Gasteiger partial charge in [0.05, 0.1) is 16.8 Å². The minimum Gasteiger partial charge on any atom is -0.504 e. The molecule has 4 rings (SSSR count). The number of para-hydroxylation sites is 1. The van der Waals surface area contributed by atoms with Crippen LogP contribution in [0.5, 0.6) is 5.75 Å². The summed E-state index contributed by atoms with van der Waals surface area (Å²) < 4.78 is 28.8. The third-order valence-corrected chi connectivity index (χ3v) is 8.06. The molecule has 0 bridgehead atoms. The molecule has 0 unspecified atom stereocenters. The van der Waals surface area contributed by atoms with E-state index in [0.717, 1.165) is 5.56 Å². The molecule has 2 heterocycles. The third-order valence-electron chi connectivity index (χ3n) is 6.00. The van der Waals surface area contributed by atoms with Crippen LogP contribution >= 0.6 is 0 Å². The van der Waals surface area contributed by atoms with Gasteiger partial charge in [-0.3, -0.25) is 20.4 Å². The predicted octanol–water partition coefficient (Wildman–Crippen LogP) is 2.06. The van der Waals surface area contributed by atoms with Gasteiger partial charge in [-0.1, -0.05) is 35.9 Å². The van der Waals surface area contributed by atoms with Gasteiger partial charge in [0, 0.05) is 19.0 Å². The zero-order valence-corrected chi connectivity index (χ0v) is 20.2. The average molecular weight is 498 g/mol. The van der Waals surface area contributed by atoms with Crippen molar-refractivity contribution in [3.8, 4) is 11.4 Å². The van der Waals surface area contributed by atoms with Crippen LogP contribution in [0.3, 0.4) is 0 Å². The van der Waals surface area contributed by atoms with Gasteiger partial charge in [0.15, 0.2) is 11.4 Å². The Morgan fingerprint density at radius 1 is 1.03 bits per heavy atom. The van der Waals surface area contributed by atoms with Crippen molar-refractivity contribution in [3.05, 3.63) is 71.5 Å². The number of hydrazine groups is 1. The first kappa shape index (κ1) is 24.4. The van der Waals surface area contributed by atoms with E-state index in [2.05, 4.69) is 16.0 Å². The Morgan fingerprint density at radius 2 is 1.71 bits per heavy atom. The summed E-state index contributed by atoms with van der Waals surface area (Å²) in [6.07, 6.45) is 1.94. The molecule has 10 nitrogen and oxygen atoms in total. The zero-order valence-electron chi connectivity index (χ0n) is 19.4. The van der Waals surface area contributed by atoms with Crippen LogP contribution in [0.15, 0.2) is 59.6 Å². The number of piperidine rings is 1. The first-order valence-corrected chi connectivity index (χ1v) is 12.6. The SMILES string of the molecule is Cc1ccc(S(=O)(=O)N2CCC(C(=O)NNC(=O)c3nn(-c4ccccc4)cc3O)CC2)c(C)c1. The van der Waals surface area contributed by atoms with Gasteiger partial charge in [0.1, 0.15) is 0 Å². The number of nitrogens with zero attached hydrogens (tertiary/aromatic N) is 3. The van der Waals surface area contributed by atoms with Crippen molar-refractivity contribution >= 4 is 21.8 Å². The zero-order chi connectivity index (χ0) is 25.2. The highest BCUT2D eigenvalue weighted by Crippen LogP contribution is 2.26. The maximum Gasteiger partial charge on any atom is 0.294 e. The monoisotopic (exact) mass is 497 g/mol. The second-order valence-corrected chi connectivity index (χ2v) is 10.4. The fourth-order valence-corrected chi connectivity index (χ4v) is 5.78. The molecule has 1 fully saturated rings. The first-order valence-electron chi connectivity index (χ1n) is 11.2. The van der Waals surface area contributed by atoms with Crippen molar-refractivity contribution in [2.45, 2.75) is 31.6 Å². The molecule has 0 spiro atoms. The van der Waals surface area contributed by atoms with Crippen molar-refractivity contribution in [1.29, 1.82) is 0 Å². The summed E-state index contributed by atoms with van der Waals surface area (Å²) >= 11 is 0. The molecule has 0 atom stereocenters. The van der Waals surface area contributed by atoms with Crippen molar-refractivity contribution in [3.63, 3.8) is 0 Å². The lowest BCUT2D eigenvalue weighted by atomic mass is 9.98. The van der Waals surface area contributed by atoms with E-state index >= 15 is 0 Å². The number of nitrogens with one attached hydrogen (secondary N) is 2. The largest absolute Gasteiger partial charge is 0.504 e. The maximum atomic E-state index is 13.0. The summed E-state index contributed by atoms with van der Waals surface area (Å²) in [6, 6.07) is 14.2. The Bertz CT molecular complexity index is 1350. The predicted molar refractivity (Wildman–Crippen MR) is 128 cm³/mol. The number of hydrogen-bond acceptors (Lipinski definition) is 6. The molecule has 1 aliphatic rings. The van der Waals surface area contributed by atoms with Crippen LogP contribution in [0.2, 0.25) is 0 Å². The Labute approximate surface area is 203 Å². The topological polar surface area (TPSA) is 134 Å². The fraction of sp³-hybridized carbons (Fsp3) is 0.292. The number of aryl methyl sites for hydroxylation is 2. The molecule has 0 aliphatic carbocycles. The van der Waals surface area contributed by atoms with Crippen LogP contribution in [0.1, 0.15) is 34.5 Å². The van der Waals surface area contributed by atoms with E-state index in [-0.39, 0.29) is 29.4 Å². The number of benzene rings is 2. The van der Waals surface area contributed by atoms with E-state index in [0.29, 0.717) is 24.1 Å². The van der Waals surface area contributed by atoms with Gasteiger partial charge in [-0.15, -0.1) is 0 Å². The van der Waals surface area contributed by atoms with Gasteiger partial charge in [-0.25, -0.2) is 13.1 Å². The molecule has 11 heteroatoms. The number of carbonyl (C=O) groups is 2. The van der Waals surface area contributed by atoms with E-state index in [1.807, 2.05) is 19.1 Å². The minimum absolute atomic E-state index is 0.198. The van der Waals surface area contributed by atoms with Gasteiger partial charge < -0.3 is 5.11 Å². The molecular formula is C24H27N5O5S. The van der Waals surface area contributed by atoms with Crippen molar-refractivity contribution < 1.29 is 23.1 Å². The average Bonchev–Trinajstić information content (AvgIpc) is 3.24. The van der Waals surface area contributed by atoms with Crippen molar-refractivity contribution in [2.24, 2.45) is 5.92 Å². The summed E-state index contributed by atoms with van der Waals surface area (Å²) in [6.45, 7) is 4.07. The molecule has 1 aromatic heterocycles. The van der Waals surface area contributed by atoms with E-state index in [9.17, 15) is 23.1 Å². The summed E-state index contributed by atoms with van der Waals surface area (Å²) in [4.78, 5) is 25.3. The number of sulfonamides is 1. The van der Waals surface area contributed by atoms with Crippen molar-refractivity contribution in [2.75, 3.05) is 13.1 Å². The highest BCUT2D eigenvalue weighted by atomic mass is 32.2. The van der Waals surface area contributed by atoms with Crippen LogP contribution in [0.4, 0.5) is 0 Å². The Kier molecular flexibility index (Phi) is 6.90. The standard InChI is InChI=1S/C24H27N5O5S/c1-16-8-9-21(17(2)14-16)35(33,34)28-12-10-18(11-13-28)23(31)25-26-24(32)22-20(30)15-29(27-22)19-6-4-3-5-7-19/h3-9,14-15,18,30H,10-13H2,1-2H3,(H,25,31)(H,26,32). The highest BCUT2D eigenvalue weighted by molar-refractivity contribution is 7.89. The smallest absolute Gasteiger partial charge is 0.294 e. The third kappa shape index (κ3) is 5.20. The molecule has 3 N–H and O–H groups in total. The van der Waals surface area contributed by atoms with Gasteiger partial charge in [0.25, 0.3) is 5.91 Å². The summed E-state index contributed by atoms with van der Waals surface area (Å²) in [5, 5.41) is 14.2. The molecule has 0 saturated carbocycles. The summed E-state index contributed by atoms with van der Waals surface area (Å²) in [7, 11) is -3.65. The van der Waals surface area contributed by atoms with E-state index in [4.69, 9.17) is 0 Å². The van der Waals surface area contributed by atoms with Crippen molar-refractivity contribution in [1.82, 2.24) is 24.9 Å². The van der Waals surface area contributed by atoms with Gasteiger partial charge >= 0.3 is 0 Å². The highest BCUT2D eigenvalue weighted by Gasteiger charge is 2.33. The molecule has 3 aromatic rings. The van der Waals surface area contributed by atoms with E-state index in [1.54, 1.807) is 43.3 Å². The van der Waals surface area contributed by atoms with Crippen LogP contribution < -0.4 is 10.9 Å². The molecule has 184 valence electrons. The number of hydrogen-bond donors (Lipinski definition) is 3. The molecule has 35 heavy (non-hydrogen) atoms. The molecule has 2 amide bonds. The molecular weight excluding hydrogens is 470 g/mol. The Morgan fingerprint density at radius 3 is 2.37 bits per heavy atom. The lowest BCUT2D eigenvalue weighted by molar-refractivity contribution is -0.126. The summed E-state index contributed by atoms with van der Waals surface area (Å²) in [5.41, 5.74) is 6.73. The van der Waals surface area contributed by atoms with Gasteiger partial charge in [-0.05, 0) is 50.5 Å². The van der Waals surface area contributed by atoms with E-state index < -0.39 is 27.8 Å². The van der Waals surface area contributed by atoms with Crippen LogP contribution in [0.25, 0.3) is 5.69 Å². The quantitative estimate of drug-likeness (QED) is 0.462. The molecule has 2 aromatic carbocycles. The number of aromatic hydroxyl groups is 1. The first-order chi connectivity index (χ1) is 16.7. The van der Waals surface area contributed by atoms with E-state index in [1.165, 1.54) is 15.2 Å². The van der Waals surface area contributed by atoms with Crippen LogP contribution in [-0.4, -0.2) is 52.5 Å². The Hall–Kier alpha value is -3.70. The number of aromatic nitrogens is 2. The molecule has 1 aliphatic heterocycles. The van der Waals surface area contributed by atoms with Crippen LogP contribution in [-0.2, 0) is 14.8 Å². The second kappa shape index (κ2) is 9.88. The van der Waals surface area contributed by atoms with Gasteiger partial charge in [-0.2, -0.15) is 9.40 Å². The lowest BCUT2D eigenvalue weighted by Gasteiger charge is -2.31. The minimum atomic E-state index is -3.65. The van der Waals surface area contributed by atoms with Crippen LogP contribution in [0, 0.1) is 19.8 Å². The maximum absolute atomic E-state index is 13.0. The normalized spacial score (nSPS) is 15.0.